The van der Waals surface area contributed by atoms with E-state index in [2.05, 4.69) is 10.2 Å². The molecular weight excluding hydrogens is 322 g/mol. The molecule has 1 amide bonds. The van der Waals surface area contributed by atoms with Gasteiger partial charge < -0.3 is 10.5 Å². The standard InChI is InChI=1S/C17H19N5O3/c1-10-15(11(2)21(3)19-10)25-17(24)13-9-14(16(18)23)22(20-13)12-7-5-4-6-8-12/h4-8,14H,9H2,1-3H3,(H2,18,23)/t14-/m0/s1. The van der Waals surface area contributed by atoms with Crippen molar-refractivity contribution in [3.05, 3.63) is 41.7 Å². The molecule has 0 aliphatic carbocycles. The van der Waals surface area contributed by atoms with E-state index in [0.717, 1.165) is 5.69 Å². The number of amides is 1. The molecule has 2 heterocycles. The molecule has 0 fully saturated rings. The number of nitrogens with zero attached hydrogens (tertiary/aromatic N) is 4. The molecule has 8 heteroatoms. The van der Waals surface area contributed by atoms with Gasteiger partial charge in [-0.2, -0.15) is 10.2 Å². The normalized spacial score (nSPS) is 16.7. The summed E-state index contributed by atoms with van der Waals surface area (Å²) in [5, 5.41) is 9.94. The number of rotatable bonds is 4. The van der Waals surface area contributed by atoms with Gasteiger partial charge in [-0.05, 0) is 26.0 Å². The van der Waals surface area contributed by atoms with Gasteiger partial charge in [-0.25, -0.2) is 4.79 Å². The first kappa shape index (κ1) is 16.7. The number of hydrogen-bond donors (Lipinski definition) is 1. The summed E-state index contributed by atoms with van der Waals surface area (Å²) in [4.78, 5) is 24.3. The van der Waals surface area contributed by atoms with Gasteiger partial charge in [-0.3, -0.25) is 14.5 Å². The van der Waals surface area contributed by atoms with Gasteiger partial charge in [0.1, 0.15) is 17.4 Å². The van der Waals surface area contributed by atoms with Crippen molar-refractivity contribution in [2.75, 3.05) is 5.01 Å². The number of aryl methyl sites for hydroxylation is 2. The van der Waals surface area contributed by atoms with Crippen LogP contribution in [0.2, 0.25) is 0 Å². The number of ether oxygens (including phenoxy) is 1. The van der Waals surface area contributed by atoms with E-state index in [0.29, 0.717) is 17.1 Å². The Balaban J connectivity index is 1.86. The third-order valence-electron chi connectivity index (χ3n) is 4.13. The number of para-hydroxylation sites is 1. The lowest BCUT2D eigenvalue weighted by molar-refractivity contribution is -0.127. The highest BCUT2D eigenvalue weighted by molar-refractivity contribution is 6.38. The highest BCUT2D eigenvalue weighted by Crippen LogP contribution is 2.26. The van der Waals surface area contributed by atoms with Gasteiger partial charge in [0.2, 0.25) is 5.91 Å². The summed E-state index contributed by atoms with van der Waals surface area (Å²) >= 11 is 0. The molecule has 1 aromatic carbocycles. The van der Waals surface area contributed by atoms with E-state index in [1.807, 2.05) is 25.1 Å². The Kier molecular flexibility index (Phi) is 4.26. The van der Waals surface area contributed by atoms with Gasteiger partial charge in [-0.15, -0.1) is 0 Å². The Morgan fingerprint density at radius 2 is 1.92 bits per heavy atom. The Morgan fingerprint density at radius 1 is 1.24 bits per heavy atom. The predicted octanol–water partition coefficient (Wildman–Crippen LogP) is 1.06. The molecule has 0 radical (unpaired) electrons. The predicted molar refractivity (Wildman–Crippen MR) is 92.3 cm³/mol. The molecule has 0 bridgehead atoms. The molecule has 0 unspecified atom stereocenters. The number of nitrogens with two attached hydrogens (primary N) is 1. The summed E-state index contributed by atoms with van der Waals surface area (Å²) in [6, 6.07) is 8.36. The fraction of sp³-hybridized carbons (Fsp3) is 0.294. The summed E-state index contributed by atoms with van der Waals surface area (Å²) in [7, 11) is 1.77. The number of hydrogen-bond acceptors (Lipinski definition) is 6. The largest absolute Gasteiger partial charge is 0.418 e. The van der Waals surface area contributed by atoms with Gasteiger partial charge in [0.25, 0.3) is 0 Å². The molecule has 1 aromatic heterocycles. The molecule has 1 atom stereocenters. The summed E-state index contributed by atoms with van der Waals surface area (Å²) in [5.74, 6) is -0.753. The van der Waals surface area contributed by atoms with Crippen molar-refractivity contribution in [2.24, 2.45) is 17.9 Å². The van der Waals surface area contributed by atoms with Gasteiger partial charge in [0.05, 0.1) is 11.4 Å². The van der Waals surface area contributed by atoms with Gasteiger partial charge in [0, 0.05) is 13.5 Å². The van der Waals surface area contributed by atoms with Crippen LogP contribution in [0, 0.1) is 13.8 Å². The summed E-state index contributed by atoms with van der Waals surface area (Å²) in [6.07, 6.45) is 0.0986. The van der Waals surface area contributed by atoms with Crippen LogP contribution < -0.4 is 15.5 Å². The van der Waals surface area contributed by atoms with Gasteiger partial charge in [-0.1, -0.05) is 18.2 Å². The summed E-state index contributed by atoms with van der Waals surface area (Å²) in [6.45, 7) is 3.57. The SMILES string of the molecule is Cc1nn(C)c(C)c1OC(=O)C1=NN(c2ccccc2)[C@H](C(N)=O)C1. The van der Waals surface area contributed by atoms with E-state index in [1.165, 1.54) is 5.01 Å². The number of primary amides is 1. The minimum absolute atomic E-state index is 0.0986. The average molecular weight is 341 g/mol. The quantitative estimate of drug-likeness (QED) is 0.838. The molecule has 0 spiro atoms. The smallest absolute Gasteiger partial charge is 0.360 e. The van der Waals surface area contributed by atoms with E-state index in [4.69, 9.17) is 10.5 Å². The van der Waals surface area contributed by atoms with Crippen LogP contribution in [0.25, 0.3) is 0 Å². The maximum absolute atomic E-state index is 12.5. The lowest BCUT2D eigenvalue weighted by atomic mass is 10.1. The molecule has 0 saturated carbocycles. The number of benzene rings is 1. The lowest BCUT2D eigenvalue weighted by Crippen LogP contribution is -2.39. The first-order valence-corrected chi connectivity index (χ1v) is 7.82. The number of anilines is 1. The minimum Gasteiger partial charge on any atom is -0.418 e. The van der Waals surface area contributed by atoms with E-state index in [9.17, 15) is 9.59 Å². The zero-order valence-corrected chi connectivity index (χ0v) is 14.3. The molecule has 2 N–H and O–H groups in total. The average Bonchev–Trinajstić information content (AvgIpc) is 3.13. The Morgan fingerprint density at radius 3 is 2.48 bits per heavy atom. The maximum atomic E-state index is 12.5. The van der Waals surface area contributed by atoms with Crippen LogP contribution in [0.15, 0.2) is 35.4 Å². The van der Waals surface area contributed by atoms with Crippen LogP contribution in [-0.2, 0) is 16.6 Å². The van der Waals surface area contributed by atoms with Crippen molar-refractivity contribution in [3.8, 4) is 5.75 Å². The van der Waals surface area contributed by atoms with Crippen LogP contribution in [0.4, 0.5) is 5.69 Å². The number of esters is 1. The lowest BCUT2D eigenvalue weighted by Gasteiger charge is -2.20. The monoisotopic (exact) mass is 341 g/mol. The first-order chi connectivity index (χ1) is 11.9. The zero-order valence-electron chi connectivity index (χ0n) is 14.3. The third-order valence-corrected chi connectivity index (χ3v) is 4.13. The second-order valence-corrected chi connectivity index (χ2v) is 5.86. The molecular formula is C17H19N5O3. The number of aromatic nitrogens is 2. The van der Waals surface area contributed by atoms with Crippen molar-refractivity contribution >= 4 is 23.3 Å². The summed E-state index contributed by atoms with van der Waals surface area (Å²) < 4.78 is 7.10. The Bertz CT molecular complexity index is 857. The number of carbonyl (C=O) groups is 2. The number of hydrazone groups is 1. The fourth-order valence-corrected chi connectivity index (χ4v) is 2.73. The Hall–Kier alpha value is -3.16. The second kappa shape index (κ2) is 6.39. The molecule has 8 nitrogen and oxygen atoms in total. The van der Waals surface area contributed by atoms with E-state index >= 15 is 0 Å². The molecule has 1 aliphatic heterocycles. The molecule has 130 valence electrons. The van der Waals surface area contributed by atoms with Gasteiger partial charge >= 0.3 is 5.97 Å². The molecule has 2 aromatic rings. The van der Waals surface area contributed by atoms with Crippen LogP contribution in [0.5, 0.6) is 5.75 Å². The van der Waals surface area contributed by atoms with Crippen molar-refractivity contribution in [1.82, 2.24) is 9.78 Å². The van der Waals surface area contributed by atoms with Crippen LogP contribution in [-0.4, -0.2) is 33.4 Å². The fourth-order valence-electron chi connectivity index (χ4n) is 2.73. The topological polar surface area (TPSA) is 103 Å². The summed E-state index contributed by atoms with van der Waals surface area (Å²) in [5.41, 5.74) is 7.65. The van der Waals surface area contributed by atoms with Crippen LogP contribution >= 0.6 is 0 Å². The minimum atomic E-state index is -0.721. The van der Waals surface area contributed by atoms with Crippen molar-refractivity contribution < 1.29 is 14.3 Å². The van der Waals surface area contributed by atoms with Crippen molar-refractivity contribution in [3.63, 3.8) is 0 Å². The zero-order chi connectivity index (χ0) is 18.1. The third kappa shape index (κ3) is 3.10. The highest BCUT2D eigenvalue weighted by Gasteiger charge is 2.36. The van der Waals surface area contributed by atoms with E-state index < -0.39 is 17.9 Å². The Labute approximate surface area is 144 Å². The number of carbonyl (C=O) groups excluding carboxylic acids is 2. The molecule has 1 aliphatic rings. The van der Waals surface area contributed by atoms with E-state index in [1.54, 1.807) is 30.8 Å². The van der Waals surface area contributed by atoms with Crippen LogP contribution in [0.1, 0.15) is 17.8 Å². The second-order valence-electron chi connectivity index (χ2n) is 5.86. The maximum Gasteiger partial charge on any atom is 0.360 e. The van der Waals surface area contributed by atoms with E-state index in [-0.39, 0.29) is 12.1 Å². The van der Waals surface area contributed by atoms with Gasteiger partial charge in [0.15, 0.2) is 5.75 Å². The highest BCUT2D eigenvalue weighted by atomic mass is 16.5. The van der Waals surface area contributed by atoms with Crippen molar-refractivity contribution in [1.29, 1.82) is 0 Å². The van der Waals surface area contributed by atoms with Crippen LogP contribution in [0.3, 0.4) is 0 Å². The first-order valence-electron chi connectivity index (χ1n) is 7.82. The van der Waals surface area contributed by atoms with Crippen molar-refractivity contribution in [2.45, 2.75) is 26.3 Å². The molecule has 25 heavy (non-hydrogen) atoms. The molecule has 3 rings (SSSR count). The molecule has 0 saturated heterocycles.